The highest BCUT2D eigenvalue weighted by molar-refractivity contribution is 5.99. The summed E-state index contributed by atoms with van der Waals surface area (Å²) in [5.41, 5.74) is 4.72. The van der Waals surface area contributed by atoms with E-state index in [1.54, 1.807) is 14.0 Å². The number of nitrogens with zero attached hydrogens (tertiary/aromatic N) is 2. The van der Waals surface area contributed by atoms with Crippen LogP contribution in [-0.2, 0) is 16.6 Å². The fourth-order valence-corrected chi connectivity index (χ4v) is 2.21. The van der Waals surface area contributed by atoms with E-state index in [0.717, 1.165) is 0 Å². The number of nitrogens with two attached hydrogens (primary N) is 1. The van der Waals surface area contributed by atoms with Gasteiger partial charge in [-0.25, -0.2) is 4.79 Å². The molecule has 8 heteroatoms. The highest BCUT2D eigenvalue weighted by Crippen LogP contribution is 2.27. The number of ether oxygens (including phenoxy) is 1. The van der Waals surface area contributed by atoms with Crippen LogP contribution in [0.15, 0.2) is 0 Å². The highest BCUT2D eigenvalue weighted by Gasteiger charge is 2.44. The van der Waals surface area contributed by atoms with Crippen molar-refractivity contribution in [2.24, 2.45) is 12.8 Å². The molecule has 0 aliphatic carbocycles. The standard InChI is InChI=1S/C11H16N4O4/c1-6-7(8(12)16)9(15(2)14-6)13-11(10(17)18)3-4-19-5-11/h13H,3-5H2,1-2H3,(H2,12,16)(H,17,18). The summed E-state index contributed by atoms with van der Waals surface area (Å²) >= 11 is 0. The minimum atomic E-state index is -1.25. The van der Waals surface area contributed by atoms with Crippen molar-refractivity contribution in [1.29, 1.82) is 0 Å². The number of aliphatic carboxylic acids is 1. The number of aryl methyl sites for hydroxylation is 2. The molecule has 1 fully saturated rings. The van der Waals surface area contributed by atoms with E-state index in [1.807, 2.05) is 0 Å². The number of primary amides is 1. The highest BCUT2D eigenvalue weighted by atomic mass is 16.5. The maximum absolute atomic E-state index is 11.5. The summed E-state index contributed by atoms with van der Waals surface area (Å²) in [7, 11) is 1.62. The number of amides is 1. The van der Waals surface area contributed by atoms with Gasteiger partial charge in [0.25, 0.3) is 5.91 Å². The Morgan fingerprint density at radius 2 is 2.26 bits per heavy atom. The van der Waals surface area contributed by atoms with Gasteiger partial charge in [0.05, 0.1) is 12.3 Å². The van der Waals surface area contributed by atoms with Crippen LogP contribution >= 0.6 is 0 Å². The van der Waals surface area contributed by atoms with Gasteiger partial charge in [0.1, 0.15) is 11.4 Å². The van der Waals surface area contributed by atoms with Crippen LogP contribution in [0.25, 0.3) is 0 Å². The number of carbonyl (C=O) groups excluding carboxylic acids is 1. The SMILES string of the molecule is Cc1nn(C)c(NC2(C(=O)O)CCOC2)c1C(N)=O. The summed E-state index contributed by atoms with van der Waals surface area (Å²) in [5, 5.41) is 16.3. The number of carboxylic acids is 1. The van der Waals surface area contributed by atoms with Crippen molar-refractivity contribution in [3.05, 3.63) is 11.3 Å². The second-order valence-corrected chi connectivity index (χ2v) is 4.61. The first-order valence-corrected chi connectivity index (χ1v) is 5.80. The number of nitrogens with one attached hydrogen (secondary N) is 1. The lowest BCUT2D eigenvalue weighted by Gasteiger charge is -2.25. The lowest BCUT2D eigenvalue weighted by molar-refractivity contribution is -0.142. The largest absolute Gasteiger partial charge is 0.479 e. The lowest BCUT2D eigenvalue weighted by atomic mass is 9.98. The van der Waals surface area contributed by atoms with Gasteiger partial charge >= 0.3 is 5.97 Å². The van der Waals surface area contributed by atoms with Crippen molar-refractivity contribution in [1.82, 2.24) is 9.78 Å². The normalized spacial score (nSPS) is 22.4. The van der Waals surface area contributed by atoms with E-state index in [4.69, 9.17) is 10.5 Å². The molecule has 0 spiro atoms. The predicted octanol–water partition coefficient (Wildman–Crippen LogP) is -0.517. The van der Waals surface area contributed by atoms with Gasteiger partial charge < -0.3 is 20.9 Å². The number of rotatable bonds is 4. The van der Waals surface area contributed by atoms with Crippen LogP contribution in [0.1, 0.15) is 22.5 Å². The molecular weight excluding hydrogens is 252 g/mol. The molecule has 2 heterocycles. The van der Waals surface area contributed by atoms with E-state index in [0.29, 0.717) is 24.5 Å². The topological polar surface area (TPSA) is 119 Å². The number of hydrogen-bond donors (Lipinski definition) is 3. The molecule has 4 N–H and O–H groups in total. The molecule has 1 aromatic rings. The molecule has 1 aromatic heterocycles. The van der Waals surface area contributed by atoms with Gasteiger partial charge in [-0.05, 0) is 6.92 Å². The molecule has 1 saturated heterocycles. The molecule has 0 aromatic carbocycles. The van der Waals surface area contributed by atoms with Gasteiger partial charge in [0.15, 0.2) is 5.54 Å². The van der Waals surface area contributed by atoms with Crippen molar-refractivity contribution < 1.29 is 19.4 Å². The number of carboxylic acid groups (broad SMARTS) is 1. The third-order valence-corrected chi connectivity index (χ3v) is 3.26. The van der Waals surface area contributed by atoms with Crippen LogP contribution in [0.4, 0.5) is 5.82 Å². The van der Waals surface area contributed by atoms with Crippen LogP contribution in [0.3, 0.4) is 0 Å². The number of anilines is 1. The van der Waals surface area contributed by atoms with E-state index in [-0.39, 0.29) is 12.2 Å². The van der Waals surface area contributed by atoms with Gasteiger partial charge in [-0.2, -0.15) is 5.10 Å². The summed E-state index contributed by atoms with van der Waals surface area (Å²) in [6.07, 6.45) is 0.310. The third-order valence-electron chi connectivity index (χ3n) is 3.26. The summed E-state index contributed by atoms with van der Waals surface area (Å²) in [6.45, 7) is 2.02. The van der Waals surface area contributed by atoms with Gasteiger partial charge in [0.2, 0.25) is 0 Å². The predicted molar refractivity (Wildman–Crippen MR) is 65.9 cm³/mol. The summed E-state index contributed by atoms with van der Waals surface area (Å²) in [6, 6.07) is 0. The number of hydrogen-bond acceptors (Lipinski definition) is 5. The molecule has 0 bridgehead atoms. The Hall–Kier alpha value is -2.09. The number of carbonyl (C=O) groups is 2. The van der Waals surface area contributed by atoms with E-state index in [1.165, 1.54) is 4.68 Å². The monoisotopic (exact) mass is 268 g/mol. The molecule has 1 atom stereocenters. The molecule has 104 valence electrons. The van der Waals surface area contributed by atoms with Crippen molar-refractivity contribution in [3.63, 3.8) is 0 Å². The maximum Gasteiger partial charge on any atom is 0.331 e. The van der Waals surface area contributed by atoms with E-state index >= 15 is 0 Å². The molecule has 2 rings (SSSR count). The van der Waals surface area contributed by atoms with Crippen molar-refractivity contribution >= 4 is 17.7 Å². The smallest absolute Gasteiger partial charge is 0.331 e. The first-order valence-electron chi connectivity index (χ1n) is 5.80. The average Bonchev–Trinajstić information content (AvgIpc) is 2.86. The van der Waals surface area contributed by atoms with E-state index < -0.39 is 17.4 Å². The fourth-order valence-electron chi connectivity index (χ4n) is 2.21. The Morgan fingerprint density at radius 1 is 1.58 bits per heavy atom. The van der Waals surface area contributed by atoms with Gasteiger partial charge in [-0.1, -0.05) is 0 Å². The fraction of sp³-hybridized carbons (Fsp3) is 0.545. The zero-order chi connectivity index (χ0) is 14.2. The van der Waals surface area contributed by atoms with Crippen molar-refractivity contribution in [2.45, 2.75) is 18.9 Å². The quantitative estimate of drug-likeness (QED) is 0.676. The zero-order valence-corrected chi connectivity index (χ0v) is 10.8. The Bertz CT molecular complexity index is 531. The Balaban J connectivity index is 2.43. The lowest BCUT2D eigenvalue weighted by Crippen LogP contribution is -2.47. The maximum atomic E-state index is 11.5. The Morgan fingerprint density at radius 3 is 2.74 bits per heavy atom. The molecule has 0 radical (unpaired) electrons. The van der Waals surface area contributed by atoms with Gasteiger partial charge in [-0.15, -0.1) is 0 Å². The average molecular weight is 268 g/mol. The van der Waals surface area contributed by atoms with E-state index in [9.17, 15) is 14.7 Å². The molecule has 1 aliphatic heterocycles. The first-order chi connectivity index (χ1) is 8.87. The van der Waals surface area contributed by atoms with Crippen LogP contribution in [0.2, 0.25) is 0 Å². The molecule has 1 aliphatic rings. The molecule has 19 heavy (non-hydrogen) atoms. The molecule has 8 nitrogen and oxygen atoms in total. The Labute approximate surface area is 109 Å². The second-order valence-electron chi connectivity index (χ2n) is 4.61. The third kappa shape index (κ3) is 2.14. The van der Waals surface area contributed by atoms with Crippen LogP contribution in [-0.4, -0.2) is 45.5 Å². The van der Waals surface area contributed by atoms with Crippen LogP contribution in [0.5, 0.6) is 0 Å². The summed E-state index contributed by atoms with van der Waals surface area (Å²) < 4.78 is 6.57. The zero-order valence-electron chi connectivity index (χ0n) is 10.8. The minimum absolute atomic E-state index is 0.0325. The minimum Gasteiger partial charge on any atom is -0.479 e. The summed E-state index contributed by atoms with van der Waals surface area (Å²) in [5.74, 6) is -1.37. The molecule has 1 amide bonds. The molecule has 1 unspecified atom stereocenters. The van der Waals surface area contributed by atoms with Crippen molar-refractivity contribution in [3.8, 4) is 0 Å². The first kappa shape index (κ1) is 13.3. The van der Waals surface area contributed by atoms with Gasteiger partial charge in [-0.3, -0.25) is 9.48 Å². The summed E-state index contributed by atoms with van der Waals surface area (Å²) in [4.78, 5) is 22.9. The molecule has 0 saturated carbocycles. The second kappa shape index (κ2) is 4.54. The van der Waals surface area contributed by atoms with Gasteiger partial charge in [0, 0.05) is 20.1 Å². The number of aromatic nitrogens is 2. The van der Waals surface area contributed by atoms with Crippen molar-refractivity contribution in [2.75, 3.05) is 18.5 Å². The Kier molecular flexibility index (Phi) is 3.19. The van der Waals surface area contributed by atoms with Crippen LogP contribution < -0.4 is 11.1 Å². The van der Waals surface area contributed by atoms with Crippen LogP contribution in [0, 0.1) is 6.92 Å². The molecular formula is C11H16N4O4. The van der Waals surface area contributed by atoms with E-state index in [2.05, 4.69) is 10.4 Å².